The predicted octanol–water partition coefficient (Wildman–Crippen LogP) is 1.85. The highest BCUT2D eigenvalue weighted by Gasteiger charge is 2.01. The largest absolute Gasteiger partial charge is 0.310 e. The van der Waals surface area contributed by atoms with Crippen LogP contribution in [0.15, 0.2) is 16.6 Å². The third-order valence-electron chi connectivity index (χ3n) is 1.37. The molecule has 0 aliphatic carbocycles. The zero-order valence-electron chi connectivity index (χ0n) is 8.30. The molecule has 0 aromatic carbocycles. The van der Waals surface area contributed by atoms with Gasteiger partial charge in [-0.05, 0) is 11.6 Å². The molecule has 5 heteroatoms. The Bertz CT molecular complexity index is 222. The van der Waals surface area contributed by atoms with Crippen molar-refractivity contribution in [1.29, 1.82) is 5.41 Å². The summed E-state index contributed by atoms with van der Waals surface area (Å²) in [4.78, 5) is 3.48. The van der Waals surface area contributed by atoms with Crippen LogP contribution in [0.5, 0.6) is 0 Å². The maximum absolute atomic E-state index is 12.0. The first kappa shape index (κ1) is 12.9. The van der Waals surface area contributed by atoms with Crippen LogP contribution in [-0.2, 0) is 0 Å². The second-order valence-corrected chi connectivity index (χ2v) is 3.02. The summed E-state index contributed by atoms with van der Waals surface area (Å²) in [6, 6.07) is 0.226. The molecule has 0 saturated carbocycles. The van der Waals surface area contributed by atoms with Gasteiger partial charge in [-0.15, -0.1) is 0 Å². The quantitative estimate of drug-likeness (QED) is 0.502. The molecular weight excluding hydrogens is 188 g/mol. The van der Waals surface area contributed by atoms with E-state index >= 15 is 0 Å². The van der Waals surface area contributed by atoms with Gasteiger partial charge in [0.1, 0.15) is 6.34 Å². The first-order valence-electron chi connectivity index (χ1n) is 4.30. The molecule has 0 aromatic rings. The van der Waals surface area contributed by atoms with Gasteiger partial charge in [-0.25, -0.2) is 13.8 Å². The Hall–Kier alpha value is -1.10. The molecule has 14 heavy (non-hydrogen) atoms. The molecule has 0 rings (SSSR count). The van der Waals surface area contributed by atoms with Crippen LogP contribution in [0.1, 0.15) is 13.8 Å². The van der Waals surface area contributed by atoms with Crippen LogP contribution in [0.2, 0.25) is 0 Å². The van der Waals surface area contributed by atoms with Crippen molar-refractivity contribution < 1.29 is 8.78 Å². The Morgan fingerprint density at radius 1 is 1.50 bits per heavy atom. The Balaban J connectivity index is 4.25. The molecule has 0 bridgehead atoms. The second-order valence-electron chi connectivity index (χ2n) is 3.02. The van der Waals surface area contributed by atoms with Gasteiger partial charge < -0.3 is 5.32 Å². The Labute approximate surface area is 82.4 Å². The lowest BCUT2D eigenvalue weighted by Gasteiger charge is -2.07. The summed E-state index contributed by atoms with van der Waals surface area (Å²) in [5, 5.41) is 9.63. The van der Waals surface area contributed by atoms with Gasteiger partial charge >= 0.3 is 0 Å². The van der Waals surface area contributed by atoms with Gasteiger partial charge in [0.15, 0.2) is 0 Å². The monoisotopic (exact) mass is 203 g/mol. The molecule has 0 unspecified atom stereocenters. The highest BCUT2D eigenvalue weighted by Crippen LogP contribution is 1.99. The number of nitrogens with zero attached hydrogens (tertiary/aromatic N) is 1. The summed E-state index contributed by atoms with van der Waals surface area (Å²) >= 11 is 0. The molecule has 0 aliphatic heterocycles. The molecule has 0 aromatic heterocycles. The number of nitrogens with one attached hydrogen (secondary N) is 2. The van der Waals surface area contributed by atoms with Crippen LogP contribution >= 0.6 is 0 Å². The van der Waals surface area contributed by atoms with Gasteiger partial charge in [-0.1, -0.05) is 13.8 Å². The number of alkyl halides is 2. The second kappa shape index (κ2) is 7.32. The van der Waals surface area contributed by atoms with Crippen LogP contribution in [0, 0.1) is 5.41 Å². The standard InChI is InChI=1S/C9H15F2N3/c1-7(2)14-5-8(3-9(10)11)4-13-6-12/h3-4,6-7,9,12,14H,5H2,1-2H3/b8-3+,12-6?,13-4?. The summed E-state index contributed by atoms with van der Waals surface area (Å²) in [7, 11) is 0. The van der Waals surface area contributed by atoms with Crippen LogP contribution in [0.3, 0.4) is 0 Å². The smallest absolute Gasteiger partial charge is 0.257 e. The molecule has 0 saturated heterocycles. The molecule has 0 aliphatic rings. The third-order valence-corrected chi connectivity index (χ3v) is 1.37. The summed E-state index contributed by atoms with van der Waals surface area (Å²) in [6.45, 7) is 4.18. The maximum Gasteiger partial charge on any atom is 0.257 e. The average Bonchev–Trinajstić information content (AvgIpc) is 2.09. The van der Waals surface area contributed by atoms with Crippen molar-refractivity contribution in [3.05, 3.63) is 11.6 Å². The molecule has 0 heterocycles. The third kappa shape index (κ3) is 7.54. The van der Waals surface area contributed by atoms with Crippen LogP contribution < -0.4 is 5.32 Å². The number of halogens is 2. The number of rotatable bonds is 6. The minimum atomic E-state index is -2.49. The van der Waals surface area contributed by atoms with E-state index in [0.717, 1.165) is 12.4 Å². The Kier molecular flexibility index (Phi) is 6.74. The lowest BCUT2D eigenvalue weighted by atomic mass is 10.2. The molecule has 3 nitrogen and oxygen atoms in total. The molecule has 2 N–H and O–H groups in total. The molecule has 0 radical (unpaired) electrons. The van der Waals surface area contributed by atoms with E-state index in [-0.39, 0.29) is 6.04 Å². The van der Waals surface area contributed by atoms with Crippen molar-refractivity contribution in [1.82, 2.24) is 5.32 Å². The van der Waals surface area contributed by atoms with Gasteiger partial charge in [-0.3, -0.25) is 5.41 Å². The van der Waals surface area contributed by atoms with E-state index in [4.69, 9.17) is 5.41 Å². The lowest BCUT2D eigenvalue weighted by Crippen LogP contribution is -2.25. The van der Waals surface area contributed by atoms with E-state index in [1.54, 1.807) is 0 Å². The SMILES string of the molecule is CC(C)NC/C(C=NC=N)=C/C(F)F. The van der Waals surface area contributed by atoms with Gasteiger partial charge in [0.25, 0.3) is 6.43 Å². The van der Waals surface area contributed by atoms with E-state index < -0.39 is 6.43 Å². The first-order chi connectivity index (χ1) is 6.56. The number of hydrogen-bond donors (Lipinski definition) is 2. The van der Waals surface area contributed by atoms with Gasteiger partial charge in [0.2, 0.25) is 0 Å². The number of allylic oxidation sites excluding steroid dienone is 1. The van der Waals surface area contributed by atoms with Crippen molar-refractivity contribution >= 4 is 12.6 Å². The summed E-state index contributed by atoms with van der Waals surface area (Å²) < 4.78 is 24.0. The van der Waals surface area contributed by atoms with E-state index in [1.807, 2.05) is 13.8 Å². The molecule has 0 spiro atoms. The first-order valence-corrected chi connectivity index (χ1v) is 4.30. The van der Waals surface area contributed by atoms with Crippen LogP contribution in [-0.4, -0.2) is 31.6 Å². The van der Waals surface area contributed by atoms with Crippen molar-refractivity contribution in [2.45, 2.75) is 26.3 Å². The van der Waals surface area contributed by atoms with Crippen LogP contribution in [0.25, 0.3) is 0 Å². The van der Waals surface area contributed by atoms with Crippen LogP contribution in [0.4, 0.5) is 8.78 Å². The topological polar surface area (TPSA) is 48.2 Å². The maximum atomic E-state index is 12.0. The fourth-order valence-electron chi connectivity index (χ4n) is 0.764. The van der Waals surface area contributed by atoms with Gasteiger partial charge in [0.05, 0.1) is 0 Å². The van der Waals surface area contributed by atoms with E-state index in [0.29, 0.717) is 12.1 Å². The Morgan fingerprint density at radius 3 is 2.57 bits per heavy atom. The van der Waals surface area contributed by atoms with E-state index in [1.165, 1.54) is 6.21 Å². The minimum Gasteiger partial charge on any atom is -0.310 e. The van der Waals surface area contributed by atoms with Gasteiger partial charge in [-0.2, -0.15) is 0 Å². The summed E-state index contributed by atoms with van der Waals surface area (Å²) in [5.41, 5.74) is 0.386. The van der Waals surface area contributed by atoms with Crippen molar-refractivity contribution in [3.8, 4) is 0 Å². The van der Waals surface area contributed by atoms with E-state index in [2.05, 4.69) is 10.3 Å². The van der Waals surface area contributed by atoms with Crippen molar-refractivity contribution in [3.63, 3.8) is 0 Å². The fraction of sp³-hybridized carbons (Fsp3) is 0.556. The number of aliphatic imine (C=N–C) groups is 1. The zero-order valence-corrected chi connectivity index (χ0v) is 8.30. The molecular formula is C9H15F2N3. The number of hydrogen-bond acceptors (Lipinski definition) is 2. The highest BCUT2D eigenvalue weighted by molar-refractivity contribution is 5.84. The van der Waals surface area contributed by atoms with Crippen molar-refractivity contribution in [2.75, 3.05) is 6.54 Å². The zero-order chi connectivity index (χ0) is 11.0. The fourth-order valence-corrected chi connectivity index (χ4v) is 0.764. The van der Waals surface area contributed by atoms with Gasteiger partial charge in [0, 0.05) is 18.8 Å². The highest BCUT2D eigenvalue weighted by atomic mass is 19.3. The molecule has 0 fully saturated rings. The Morgan fingerprint density at radius 2 is 2.14 bits per heavy atom. The molecule has 0 amide bonds. The molecule has 0 atom stereocenters. The average molecular weight is 203 g/mol. The normalized spacial score (nSPS) is 13.1. The summed E-state index contributed by atoms with van der Waals surface area (Å²) in [6.07, 6.45) is 0.405. The molecule has 80 valence electrons. The van der Waals surface area contributed by atoms with Crippen molar-refractivity contribution in [2.24, 2.45) is 4.99 Å². The lowest BCUT2D eigenvalue weighted by molar-refractivity contribution is 0.203. The van der Waals surface area contributed by atoms with E-state index in [9.17, 15) is 8.78 Å². The minimum absolute atomic E-state index is 0.226. The summed E-state index contributed by atoms with van der Waals surface area (Å²) in [5.74, 6) is 0. The predicted molar refractivity (Wildman–Crippen MR) is 54.5 cm³/mol.